The van der Waals surface area contributed by atoms with E-state index in [1.807, 2.05) is 11.8 Å². The summed E-state index contributed by atoms with van der Waals surface area (Å²) in [7, 11) is 0. The van der Waals surface area contributed by atoms with Gasteiger partial charge in [-0.25, -0.2) is 0 Å². The molecule has 4 rings (SSSR count). The van der Waals surface area contributed by atoms with Crippen molar-refractivity contribution < 1.29 is 27.0 Å². The Bertz CT molecular complexity index is 840. The zero-order valence-corrected chi connectivity index (χ0v) is 25.8. The number of nitrogens with one attached hydrogen (secondary N) is 1. The summed E-state index contributed by atoms with van der Waals surface area (Å²) in [5.74, 6) is 2.50. The van der Waals surface area contributed by atoms with E-state index in [0.29, 0.717) is 34.5 Å². The Morgan fingerprint density at radius 3 is 2.40 bits per heavy atom. The Morgan fingerprint density at radius 1 is 1.12 bits per heavy atom. The average molecular weight is 607 g/mol. The van der Waals surface area contributed by atoms with Crippen molar-refractivity contribution in [3.05, 3.63) is 46.9 Å². The van der Waals surface area contributed by atoms with Gasteiger partial charge in [-0.15, -0.1) is 23.4 Å². The van der Waals surface area contributed by atoms with Crippen LogP contribution in [0.2, 0.25) is 0 Å². The van der Waals surface area contributed by atoms with Crippen LogP contribution in [0.4, 0.5) is 0 Å². The molecule has 1 saturated heterocycles. The third kappa shape index (κ3) is 10.9. The lowest BCUT2D eigenvalue weighted by Crippen LogP contribution is -2.53. The van der Waals surface area contributed by atoms with Crippen LogP contribution in [0.1, 0.15) is 67.2 Å². The van der Waals surface area contributed by atoms with E-state index in [1.54, 1.807) is 0 Å². The van der Waals surface area contributed by atoms with Gasteiger partial charge >= 0.3 is 0 Å². The monoisotopic (exact) mass is 606 g/mol. The van der Waals surface area contributed by atoms with Gasteiger partial charge in [0.05, 0.1) is 12.0 Å². The van der Waals surface area contributed by atoms with Crippen molar-refractivity contribution in [2.75, 3.05) is 32.8 Å². The van der Waals surface area contributed by atoms with Crippen molar-refractivity contribution in [2.45, 2.75) is 83.9 Å². The van der Waals surface area contributed by atoms with Gasteiger partial charge in [0.1, 0.15) is 0 Å². The second-order valence-electron chi connectivity index (χ2n) is 12.3. The van der Waals surface area contributed by atoms with Crippen LogP contribution in [0.5, 0.6) is 0 Å². The minimum Gasteiger partial charge on any atom is -0.412 e. The van der Waals surface area contributed by atoms with Gasteiger partial charge < -0.3 is 37.2 Å². The van der Waals surface area contributed by atoms with Gasteiger partial charge in [0.2, 0.25) is 0 Å². The first kappa shape index (κ1) is 41.5. The van der Waals surface area contributed by atoms with E-state index in [9.17, 15) is 5.11 Å². The quantitative estimate of drug-likeness (QED) is 0.302. The minimum absolute atomic E-state index is 0. The topological polar surface area (TPSA) is 162 Å². The molecule has 9 heteroatoms. The van der Waals surface area contributed by atoms with Crippen molar-refractivity contribution >= 4 is 23.4 Å². The summed E-state index contributed by atoms with van der Waals surface area (Å²) in [6.07, 6.45) is 17.4. The van der Waals surface area contributed by atoms with Crippen molar-refractivity contribution in [2.24, 2.45) is 29.1 Å². The Morgan fingerprint density at radius 2 is 1.85 bits per heavy atom. The fourth-order valence-corrected chi connectivity index (χ4v) is 7.94. The molecular formula is C31H59ClN2O5S. The van der Waals surface area contributed by atoms with Gasteiger partial charge in [-0.05, 0) is 78.7 Å². The summed E-state index contributed by atoms with van der Waals surface area (Å²) >= 11 is 8.25. The fourth-order valence-electron chi connectivity index (χ4n) is 6.76. The van der Waals surface area contributed by atoms with E-state index in [0.717, 1.165) is 43.8 Å². The molecule has 0 amide bonds. The zero-order chi connectivity index (χ0) is 25.0. The summed E-state index contributed by atoms with van der Waals surface area (Å²) in [6, 6.07) is 0.483. The molecule has 2 heterocycles. The smallest absolute Gasteiger partial charge is 0.0678 e. The molecule has 6 atom stereocenters. The maximum atomic E-state index is 9.86. The van der Waals surface area contributed by atoms with Crippen LogP contribution in [-0.4, -0.2) is 81.4 Å². The molecule has 5 unspecified atom stereocenters. The Hall–Kier alpha value is -0.680. The molecule has 0 radical (unpaired) electrons. The molecule has 236 valence electrons. The highest BCUT2D eigenvalue weighted by Gasteiger charge is 2.40. The predicted octanol–water partition coefficient (Wildman–Crippen LogP) is 3.74. The van der Waals surface area contributed by atoms with Crippen molar-refractivity contribution in [3.8, 4) is 0 Å². The first-order valence-electron chi connectivity index (χ1n) is 13.9. The van der Waals surface area contributed by atoms with Crippen LogP contribution in [0, 0.1) is 29.1 Å². The van der Waals surface area contributed by atoms with Crippen molar-refractivity contribution in [1.29, 1.82) is 0 Å². The number of alkyl halides is 1. The van der Waals surface area contributed by atoms with Gasteiger partial charge in [-0.1, -0.05) is 71.1 Å². The molecule has 0 bridgehead atoms. The van der Waals surface area contributed by atoms with Crippen LogP contribution >= 0.6 is 23.4 Å². The number of thioether (sulfide) groups is 1. The van der Waals surface area contributed by atoms with E-state index in [-0.39, 0.29) is 41.3 Å². The number of halogens is 1. The van der Waals surface area contributed by atoms with Crippen LogP contribution in [0.3, 0.4) is 0 Å². The second kappa shape index (κ2) is 18.8. The molecule has 2 aliphatic carbocycles. The average Bonchev–Trinajstić information content (AvgIpc) is 3.37. The van der Waals surface area contributed by atoms with Gasteiger partial charge in [-0.2, -0.15) is 0 Å². The lowest BCUT2D eigenvalue weighted by Gasteiger charge is -2.48. The molecular weight excluding hydrogens is 548 g/mol. The molecule has 0 aromatic carbocycles. The predicted molar refractivity (Wildman–Crippen MR) is 174 cm³/mol. The number of aliphatic hydroxyl groups excluding tert-OH is 1. The molecule has 40 heavy (non-hydrogen) atoms. The van der Waals surface area contributed by atoms with E-state index in [1.165, 1.54) is 31.5 Å². The highest BCUT2D eigenvalue weighted by atomic mass is 35.5. The first-order valence-corrected chi connectivity index (χ1v) is 15.2. The normalized spacial score (nSPS) is 29.9. The highest BCUT2D eigenvalue weighted by molar-refractivity contribution is 8.03. The van der Waals surface area contributed by atoms with Crippen LogP contribution in [-0.2, 0) is 0 Å². The molecule has 4 aliphatic rings. The van der Waals surface area contributed by atoms with Gasteiger partial charge in [0, 0.05) is 30.9 Å². The number of aliphatic hydroxyl groups is 1. The molecule has 0 aromatic rings. The molecule has 0 spiro atoms. The van der Waals surface area contributed by atoms with E-state index >= 15 is 0 Å². The van der Waals surface area contributed by atoms with Crippen LogP contribution in [0.25, 0.3) is 0 Å². The van der Waals surface area contributed by atoms with Gasteiger partial charge in [-0.3, -0.25) is 0 Å². The molecule has 0 aromatic heterocycles. The number of piperidine rings is 1. The second-order valence-corrected chi connectivity index (χ2v) is 14.0. The van der Waals surface area contributed by atoms with E-state index in [2.05, 4.69) is 73.7 Å². The summed E-state index contributed by atoms with van der Waals surface area (Å²) in [5, 5.41) is 16.8. The maximum absolute atomic E-state index is 9.86. The zero-order valence-electron chi connectivity index (χ0n) is 24.3. The Labute approximate surface area is 252 Å². The van der Waals surface area contributed by atoms with E-state index in [4.69, 9.17) is 11.6 Å². The maximum Gasteiger partial charge on any atom is 0.0678 e. The number of likely N-dealkylation sites (tertiary alicyclic amines) is 1. The Balaban J connectivity index is 0. The standard InChI is InChI=1S/C30H47ClN2OS.CH4.4H2O/c1-21(2)28(32-17-22-14-23(19-34)16-25(15-22)29-6-5-13-35-29)18-33-12-11-27(30(3,4)20-33)24-7-9-26(31)10-8-24;;;;;/h5,7,9,13-14,16,21-22,24,26-29,32,34H,6,8,10-12,15,17-20H2,1-4H3;1H4;4*1H2/t22?,24?,26?,27?,28-,29?;;;;;/m0...../s1. The SMILES string of the molecule is C.CC(C)[C@H](CN1CCC(C2C=CC(Cl)CC2)C(C)(C)C1)NCC1C=C(CO)C=C(C2CC=CS2)C1.O.O.O.O. The fraction of sp³-hybridized carbons (Fsp3) is 0.742. The largest absolute Gasteiger partial charge is 0.412 e. The minimum atomic E-state index is 0. The lowest BCUT2D eigenvalue weighted by atomic mass is 9.65. The summed E-state index contributed by atoms with van der Waals surface area (Å²) in [5.41, 5.74) is 2.91. The highest BCUT2D eigenvalue weighted by Crippen LogP contribution is 2.43. The summed E-state index contributed by atoms with van der Waals surface area (Å²) in [4.78, 5) is 2.72. The molecule has 10 N–H and O–H groups in total. The molecule has 1 fully saturated rings. The molecule has 7 nitrogen and oxygen atoms in total. The third-order valence-electron chi connectivity index (χ3n) is 8.76. The van der Waals surface area contributed by atoms with Crippen LogP contribution in [0.15, 0.2) is 46.9 Å². The molecule has 2 aliphatic heterocycles. The van der Waals surface area contributed by atoms with Gasteiger partial charge in [0.25, 0.3) is 0 Å². The lowest BCUT2D eigenvalue weighted by molar-refractivity contribution is 0.0219. The number of rotatable bonds is 9. The number of allylic oxidation sites excluding steroid dienone is 3. The van der Waals surface area contributed by atoms with Crippen molar-refractivity contribution in [3.63, 3.8) is 0 Å². The van der Waals surface area contributed by atoms with Crippen molar-refractivity contribution in [1.82, 2.24) is 10.2 Å². The molecule has 0 saturated carbocycles. The summed E-state index contributed by atoms with van der Waals surface area (Å²) in [6.45, 7) is 14.3. The Kier molecular flexibility index (Phi) is 19.5. The number of hydrogen-bond donors (Lipinski definition) is 2. The third-order valence-corrected chi connectivity index (χ3v) is 10.3. The number of hydrogen-bond acceptors (Lipinski definition) is 4. The number of nitrogens with zero attached hydrogens (tertiary/aromatic N) is 1. The first-order chi connectivity index (χ1) is 16.7. The van der Waals surface area contributed by atoms with Gasteiger partial charge in [0.15, 0.2) is 0 Å². The van der Waals surface area contributed by atoms with Crippen LogP contribution < -0.4 is 5.32 Å². The summed E-state index contributed by atoms with van der Waals surface area (Å²) < 4.78 is 0. The van der Waals surface area contributed by atoms with E-state index < -0.39 is 0 Å².